The third-order valence-electron chi connectivity index (χ3n) is 5.70. The molecule has 0 saturated heterocycles. The van der Waals surface area contributed by atoms with Crippen LogP contribution in [-0.2, 0) is 0 Å². The number of pyridine rings is 6. The molecule has 0 bridgehead atoms. The molecule has 0 unspecified atom stereocenters. The molecule has 0 radical (unpaired) electrons. The predicted octanol–water partition coefficient (Wildman–Crippen LogP) is 7.36. The van der Waals surface area contributed by atoms with Crippen LogP contribution in [0.25, 0.3) is 33.9 Å². The first-order valence-corrected chi connectivity index (χ1v) is 12.6. The molecule has 6 aromatic heterocycles. The second-order valence-corrected chi connectivity index (χ2v) is 8.80. The quantitative estimate of drug-likeness (QED) is 0.248. The van der Waals surface area contributed by atoms with Crippen molar-refractivity contribution >= 4 is 0 Å². The van der Waals surface area contributed by atoms with Gasteiger partial charge in [-0.1, -0.05) is 18.2 Å². The van der Waals surface area contributed by atoms with E-state index in [1.165, 1.54) is 16.7 Å². The lowest BCUT2D eigenvalue weighted by Gasteiger charge is -2.02. The first-order chi connectivity index (χ1) is 19.1. The Morgan fingerprint density at radius 2 is 1.00 bits per heavy atom. The van der Waals surface area contributed by atoms with Crippen LogP contribution in [-0.4, -0.2) is 29.9 Å². The Bertz CT molecular complexity index is 1490. The van der Waals surface area contributed by atoms with E-state index < -0.39 is 0 Å². The molecule has 6 heterocycles. The summed E-state index contributed by atoms with van der Waals surface area (Å²) in [6.45, 7) is 6.17. The minimum Gasteiger partial charge on any atom is -0.264 e. The van der Waals surface area contributed by atoms with Crippen molar-refractivity contribution in [3.63, 3.8) is 0 Å². The fourth-order valence-electron chi connectivity index (χ4n) is 3.67. The first-order valence-electron chi connectivity index (χ1n) is 12.6. The molecule has 0 fully saturated rings. The molecule has 0 aliphatic heterocycles. The number of rotatable bonds is 3. The van der Waals surface area contributed by atoms with Crippen LogP contribution in [0.2, 0.25) is 0 Å². The van der Waals surface area contributed by atoms with Gasteiger partial charge in [0.15, 0.2) is 0 Å². The van der Waals surface area contributed by atoms with Crippen LogP contribution >= 0.6 is 0 Å². The van der Waals surface area contributed by atoms with Crippen molar-refractivity contribution in [2.24, 2.45) is 0 Å². The summed E-state index contributed by atoms with van der Waals surface area (Å²) in [7, 11) is 0. The highest BCUT2D eigenvalue weighted by Gasteiger charge is 2.00. The van der Waals surface area contributed by atoms with Crippen LogP contribution < -0.4 is 0 Å². The van der Waals surface area contributed by atoms with E-state index in [0.29, 0.717) is 0 Å². The highest BCUT2D eigenvalue weighted by atomic mass is 14.8. The standard InChI is InChI=1S/3C11H10N2/c1-9-4-6-13-8-11(9)10-3-2-5-12-7-10;2*1-9-5-7-13-11(8-9)10-4-2-3-6-12-10/h3*2-8H,1H3. The number of aryl methyl sites for hydroxylation is 3. The molecular weight excluding hydrogens is 480 g/mol. The highest BCUT2D eigenvalue weighted by Crippen LogP contribution is 2.20. The summed E-state index contributed by atoms with van der Waals surface area (Å²) in [5.41, 5.74) is 9.61. The van der Waals surface area contributed by atoms with E-state index >= 15 is 0 Å². The Balaban J connectivity index is 0.000000136. The van der Waals surface area contributed by atoms with E-state index in [9.17, 15) is 0 Å². The summed E-state index contributed by atoms with van der Waals surface area (Å²) >= 11 is 0. The molecule has 6 rings (SSSR count). The smallest absolute Gasteiger partial charge is 0.0888 e. The van der Waals surface area contributed by atoms with Crippen molar-refractivity contribution in [2.45, 2.75) is 20.8 Å². The van der Waals surface area contributed by atoms with Gasteiger partial charge in [-0.25, -0.2) is 0 Å². The Labute approximate surface area is 229 Å². The molecular formula is C33H30N6. The number of hydrogen-bond acceptors (Lipinski definition) is 6. The molecule has 0 aliphatic carbocycles. The molecule has 0 spiro atoms. The van der Waals surface area contributed by atoms with Gasteiger partial charge in [0.2, 0.25) is 0 Å². The largest absolute Gasteiger partial charge is 0.264 e. The monoisotopic (exact) mass is 510 g/mol. The van der Waals surface area contributed by atoms with Gasteiger partial charge in [-0.05, 0) is 98.1 Å². The minimum atomic E-state index is 0.922. The predicted molar refractivity (Wildman–Crippen MR) is 157 cm³/mol. The second-order valence-electron chi connectivity index (χ2n) is 8.80. The van der Waals surface area contributed by atoms with Crippen LogP contribution in [0.5, 0.6) is 0 Å². The number of hydrogen-bond donors (Lipinski definition) is 0. The van der Waals surface area contributed by atoms with E-state index in [1.807, 2.05) is 105 Å². The zero-order chi connectivity index (χ0) is 27.3. The van der Waals surface area contributed by atoms with E-state index in [-0.39, 0.29) is 0 Å². The third kappa shape index (κ3) is 8.20. The molecule has 6 nitrogen and oxygen atoms in total. The average Bonchev–Trinajstić information content (AvgIpc) is 2.99. The molecule has 6 aromatic rings. The number of nitrogens with zero attached hydrogens (tertiary/aromatic N) is 6. The Hall–Kier alpha value is -5.10. The maximum Gasteiger partial charge on any atom is 0.0888 e. The topological polar surface area (TPSA) is 77.3 Å². The van der Waals surface area contributed by atoms with E-state index in [1.54, 1.807) is 37.2 Å². The maximum absolute atomic E-state index is 4.25. The molecule has 0 aliphatic rings. The number of aromatic nitrogens is 6. The zero-order valence-electron chi connectivity index (χ0n) is 22.3. The van der Waals surface area contributed by atoms with Gasteiger partial charge >= 0.3 is 0 Å². The second kappa shape index (κ2) is 14.0. The summed E-state index contributed by atoms with van der Waals surface area (Å²) in [4.78, 5) is 25.1. The molecule has 192 valence electrons. The SMILES string of the molecule is Cc1ccnc(-c2ccccn2)c1.Cc1ccnc(-c2ccccn2)c1.Cc1ccncc1-c1cccnc1. The van der Waals surface area contributed by atoms with Crippen molar-refractivity contribution in [3.8, 4) is 33.9 Å². The van der Waals surface area contributed by atoms with E-state index in [0.717, 1.165) is 33.9 Å². The normalized spacial score (nSPS) is 9.92. The van der Waals surface area contributed by atoms with Gasteiger partial charge in [0, 0.05) is 60.7 Å². The lowest BCUT2D eigenvalue weighted by atomic mass is 10.1. The van der Waals surface area contributed by atoms with Crippen molar-refractivity contribution < 1.29 is 0 Å². The summed E-state index contributed by atoms with van der Waals surface area (Å²) < 4.78 is 0. The van der Waals surface area contributed by atoms with Crippen LogP contribution in [0.1, 0.15) is 16.7 Å². The molecule has 0 aromatic carbocycles. The lowest BCUT2D eigenvalue weighted by molar-refractivity contribution is 1.23. The average molecular weight is 511 g/mol. The van der Waals surface area contributed by atoms with E-state index in [2.05, 4.69) is 36.8 Å². The Morgan fingerprint density at radius 3 is 1.46 bits per heavy atom. The van der Waals surface area contributed by atoms with Crippen LogP contribution in [0, 0.1) is 20.8 Å². The Kier molecular flexibility index (Phi) is 9.67. The molecule has 0 N–H and O–H groups in total. The van der Waals surface area contributed by atoms with Crippen molar-refractivity contribution in [1.29, 1.82) is 0 Å². The first kappa shape index (κ1) is 26.9. The van der Waals surface area contributed by atoms with Crippen LogP contribution in [0.4, 0.5) is 0 Å². The van der Waals surface area contributed by atoms with E-state index in [4.69, 9.17) is 0 Å². The highest BCUT2D eigenvalue weighted by molar-refractivity contribution is 5.64. The summed E-state index contributed by atoms with van der Waals surface area (Å²) in [5, 5.41) is 0. The van der Waals surface area contributed by atoms with Gasteiger partial charge in [0.05, 0.1) is 22.8 Å². The van der Waals surface area contributed by atoms with Crippen molar-refractivity contribution in [1.82, 2.24) is 29.9 Å². The fourth-order valence-corrected chi connectivity index (χ4v) is 3.67. The van der Waals surface area contributed by atoms with Crippen LogP contribution in [0.3, 0.4) is 0 Å². The maximum atomic E-state index is 4.25. The van der Waals surface area contributed by atoms with Gasteiger partial charge in [0.25, 0.3) is 0 Å². The minimum absolute atomic E-state index is 0.922. The van der Waals surface area contributed by atoms with Gasteiger partial charge in [-0.15, -0.1) is 0 Å². The molecule has 39 heavy (non-hydrogen) atoms. The van der Waals surface area contributed by atoms with Crippen molar-refractivity contribution in [2.75, 3.05) is 0 Å². The molecule has 0 saturated carbocycles. The Morgan fingerprint density at radius 1 is 0.436 bits per heavy atom. The van der Waals surface area contributed by atoms with Gasteiger partial charge < -0.3 is 0 Å². The van der Waals surface area contributed by atoms with Gasteiger partial charge in [-0.2, -0.15) is 0 Å². The zero-order valence-corrected chi connectivity index (χ0v) is 22.3. The molecule has 0 amide bonds. The summed E-state index contributed by atoms with van der Waals surface area (Å²) in [6.07, 6.45) is 14.5. The van der Waals surface area contributed by atoms with Gasteiger partial charge in [-0.3, -0.25) is 29.9 Å². The summed E-state index contributed by atoms with van der Waals surface area (Å²) in [6, 6.07) is 25.6. The third-order valence-corrected chi connectivity index (χ3v) is 5.70. The molecule has 0 atom stereocenters. The summed E-state index contributed by atoms with van der Waals surface area (Å²) in [5.74, 6) is 0. The van der Waals surface area contributed by atoms with Crippen molar-refractivity contribution in [3.05, 3.63) is 145 Å². The van der Waals surface area contributed by atoms with Crippen LogP contribution in [0.15, 0.2) is 128 Å². The fraction of sp³-hybridized carbons (Fsp3) is 0.0909. The molecule has 6 heteroatoms. The lowest BCUT2D eigenvalue weighted by Crippen LogP contribution is -1.86. The van der Waals surface area contributed by atoms with Gasteiger partial charge in [0.1, 0.15) is 0 Å².